The molecule has 1 amide bonds. The Balaban J connectivity index is 0.000000144. The van der Waals surface area contributed by atoms with Gasteiger partial charge < -0.3 is 40.3 Å². The lowest BCUT2D eigenvalue weighted by Gasteiger charge is -2.21. The maximum atomic E-state index is 15.1. The van der Waals surface area contributed by atoms with Gasteiger partial charge >= 0.3 is 35.8 Å². The number of nitrogens with two attached hydrogens (primary N) is 2. The molecule has 137 heavy (non-hydrogen) atoms. The Morgan fingerprint density at radius 2 is 0.927 bits per heavy atom. The molecule has 742 valence electrons. The molecule has 0 radical (unpaired) electrons. The van der Waals surface area contributed by atoms with Gasteiger partial charge in [0.25, 0.3) is 49.9 Å². The van der Waals surface area contributed by atoms with E-state index in [2.05, 4.69) is 40.0 Å². The fraction of sp³-hybridized carbons (Fsp3) is 0.554. The third-order valence-electron chi connectivity index (χ3n) is 25.6. The highest BCUT2D eigenvalue weighted by Crippen LogP contribution is 2.70. The summed E-state index contributed by atoms with van der Waals surface area (Å²) in [7, 11) is 0. The Morgan fingerprint density at radius 3 is 1.35 bits per heavy atom. The monoisotopic (exact) mass is 1950 g/mol. The summed E-state index contributed by atoms with van der Waals surface area (Å²) in [6.07, 6.45) is -3.99. The summed E-state index contributed by atoms with van der Waals surface area (Å²) >= 11 is 0. The van der Waals surface area contributed by atoms with E-state index in [-0.39, 0.29) is 128 Å². The predicted molar refractivity (Wildman–Crippen MR) is 446 cm³/mol. The van der Waals surface area contributed by atoms with Crippen molar-refractivity contribution in [2.24, 2.45) is 52.9 Å². The SMILES string of the molecule is CCOC(=O)CCN.CCOC(=O)Cn1nc(C(F)F)c2c1CC1CC21.CCOC(=O)Cn1nc(C(F)F)c2c1CC1CC21.CCOC(=O)Cn1nc2c(c1C(F)F)C1CC1C2.CCOC(C)=O.NC(=O)c1cc(-c2cccnc2[C@@H](CC(=O)Cn2nc(C(F)F)c3c2C(F)(F)C2CC32)Cc2cc(F)cc(F)c2)ccc1F.O=C(O)Cn1nc(C(F)F)c2c1C(F)(F)C1CC21.O=C1CC2CC2C1. The highest BCUT2D eigenvalue weighted by Gasteiger charge is 2.69. The van der Waals surface area contributed by atoms with Gasteiger partial charge in [-0.1, -0.05) is 12.1 Å². The standard InChI is InChI=1S/C31H23F7N4O2.3C12H14F2N2O2.C10H8F4N2O2.C6H8O.C5H11NO2.C4H8O2/c32-17-7-14(8-18(33)11-17)6-16(26-20(2-1-5-40-26)15-3-4-24(34)22(10-15)30(39)44)9-19(43)13-42-28-25(27(41-42)29(35)36)21-12-23(21)31(28,37)38;2*1-2-18-9(17)5-16-8-4-6-3-7(6)10(8)11(15-16)12(13)14;1-2-18-9(17)5-16-11(12(13)14)10-7-3-6(7)4-8(10)15-16;11-9(12)7-6-3-1-4(3)10(13,14)8(6)16(15-7)2-5(17)18;7-6-2-4-1-5(4)3-6;1-2-8-5(7)3-4-6;1-3-6-4(2)5/h1-5,7-8,10-11,16,21,23,29H,6,9,12-13H2,(H2,39,44);3*6-7,12H,2-5H2,1H3;3-4,9H,1-2H2,(H,17,18);4-5H,1-3H2;2-4,6H2,1H3;3H2,1-2H3/t16-,21?,23?;;;;;;;/m1......./s1. The van der Waals surface area contributed by atoms with Gasteiger partial charge in [0.15, 0.2) is 5.78 Å². The summed E-state index contributed by atoms with van der Waals surface area (Å²) in [6.45, 7) is 10.2. The minimum Gasteiger partial charge on any atom is -0.480 e. The van der Waals surface area contributed by atoms with Crippen LogP contribution < -0.4 is 11.5 Å². The highest BCUT2D eigenvalue weighted by atomic mass is 19.3. The molecular formula is C92H100F17N13O15. The van der Waals surface area contributed by atoms with Crippen molar-refractivity contribution in [3.05, 3.63) is 174 Å². The molecule has 5 N–H and O–H groups in total. The molecule has 12 aliphatic carbocycles. The number of esters is 5. The average molecular weight is 1950 g/mol. The third-order valence-corrected chi connectivity index (χ3v) is 25.6. The topological polar surface area (TPSA) is 374 Å². The van der Waals surface area contributed by atoms with Crippen LogP contribution in [0.5, 0.6) is 0 Å². The van der Waals surface area contributed by atoms with Crippen LogP contribution in [0.3, 0.4) is 0 Å². The molecule has 0 bridgehead atoms. The Morgan fingerprint density at radius 1 is 0.482 bits per heavy atom. The maximum Gasteiger partial charge on any atom is 0.327 e. The van der Waals surface area contributed by atoms with E-state index in [0.29, 0.717) is 93.0 Å². The third kappa shape index (κ3) is 23.2. The molecule has 0 aliphatic heterocycles. The molecule has 12 unspecified atom stereocenters. The number of primary amides is 1. The number of carbonyl (C=O) groups is 9. The number of hydrogen-bond acceptors (Lipinski definition) is 21. The predicted octanol–water partition coefficient (Wildman–Crippen LogP) is 16.3. The summed E-state index contributed by atoms with van der Waals surface area (Å²) < 4.78 is 260. The minimum atomic E-state index is -3.42. The fourth-order valence-electron chi connectivity index (χ4n) is 19.5. The molecular weight excluding hydrogens is 1850 g/mol. The smallest absolute Gasteiger partial charge is 0.327 e. The number of amides is 1. The molecule has 12 aliphatic rings. The zero-order chi connectivity index (χ0) is 99.6. The molecule has 13 atom stereocenters. The number of carboxylic acids is 1. The molecule has 0 spiro atoms. The number of aliphatic carboxylic acids is 1. The van der Waals surface area contributed by atoms with Gasteiger partial charge in [0, 0.05) is 108 Å². The van der Waals surface area contributed by atoms with Crippen molar-refractivity contribution in [1.29, 1.82) is 0 Å². The van der Waals surface area contributed by atoms with Crippen LogP contribution in [0.4, 0.5) is 74.6 Å². The molecule has 28 nitrogen and oxygen atoms in total. The first-order valence-electron chi connectivity index (χ1n) is 44.8. The van der Waals surface area contributed by atoms with Crippen LogP contribution >= 0.6 is 0 Å². The van der Waals surface area contributed by atoms with E-state index < -0.39 is 174 Å². The largest absolute Gasteiger partial charge is 0.480 e. The Labute approximate surface area is 771 Å². The van der Waals surface area contributed by atoms with Crippen LogP contribution in [0.1, 0.15) is 280 Å². The Kier molecular flexibility index (Phi) is 31.8. The summed E-state index contributed by atoms with van der Waals surface area (Å²) in [5.74, 6) is -14.1. The van der Waals surface area contributed by atoms with Gasteiger partial charge in [-0.3, -0.25) is 71.5 Å². The number of aromatic nitrogens is 11. The number of carboxylic acid groups (broad SMARTS) is 1. The van der Waals surface area contributed by atoms with E-state index in [1.807, 2.05) is 0 Å². The summed E-state index contributed by atoms with van der Waals surface area (Å²) in [6, 6.07) is 9.50. The van der Waals surface area contributed by atoms with Gasteiger partial charge in [0.05, 0.1) is 56.4 Å². The minimum absolute atomic E-state index is 0.0644. The fourth-order valence-corrected chi connectivity index (χ4v) is 19.5. The molecule has 6 aromatic heterocycles. The lowest BCUT2D eigenvalue weighted by Crippen LogP contribution is -2.24. The number of halogens is 17. The summed E-state index contributed by atoms with van der Waals surface area (Å²) in [4.78, 5) is 105. The average Bonchev–Trinajstić information content (AvgIpc) is 1.52. The van der Waals surface area contributed by atoms with Crippen molar-refractivity contribution >= 4 is 53.3 Å². The maximum absolute atomic E-state index is 15.1. The number of Topliss-reactive ketones (excluding diaryl/α,β-unsaturated/α-hetero) is 2. The van der Waals surface area contributed by atoms with E-state index in [1.54, 1.807) is 46.8 Å². The van der Waals surface area contributed by atoms with Crippen LogP contribution in [-0.4, -0.2) is 152 Å². The molecule has 2 aromatic carbocycles. The molecule has 0 saturated heterocycles. The number of fused-ring (bicyclic) bond motifs is 16. The molecule has 8 aromatic rings. The van der Waals surface area contributed by atoms with Crippen molar-refractivity contribution in [2.45, 2.75) is 244 Å². The van der Waals surface area contributed by atoms with Crippen molar-refractivity contribution < 1.29 is 147 Å². The zero-order valence-corrected chi connectivity index (χ0v) is 74.9. The van der Waals surface area contributed by atoms with Gasteiger partial charge in [-0.25, -0.2) is 57.1 Å². The summed E-state index contributed by atoms with van der Waals surface area (Å²) in [5, 5.41) is 27.6. The van der Waals surface area contributed by atoms with E-state index in [0.717, 1.165) is 103 Å². The van der Waals surface area contributed by atoms with Gasteiger partial charge in [0.2, 0.25) is 0 Å². The quantitative estimate of drug-likeness (QED) is 0.0223. The van der Waals surface area contributed by atoms with Crippen LogP contribution in [0.15, 0.2) is 54.7 Å². The van der Waals surface area contributed by atoms with Crippen molar-refractivity contribution in [1.82, 2.24) is 53.9 Å². The lowest BCUT2D eigenvalue weighted by atomic mass is 9.86. The molecule has 20 rings (SSSR count). The van der Waals surface area contributed by atoms with E-state index in [1.165, 1.54) is 41.0 Å². The Bertz CT molecular complexity index is 5720. The molecule has 45 heteroatoms. The van der Waals surface area contributed by atoms with Gasteiger partial charge in [0.1, 0.15) is 95.8 Å². The van der Waals surface area contributed by atoms with E-state index in [9.17, 15) is 109 Å². The molecule has 6 heterocycles. The first kappa shape index (κ1) is 102. The van der Waals surface area contributed by atoms with E-state index >= 15 is 8.78 Å². The number of pyridine rings is 1. The number of ketones is 2. The molecule has 7 saturated carbocycles. The van der Waals surface area contributed by atoms with Gasteiger partial charge in [-0.15, -0.1) is 0 Å². The number of nitrogens with zero attached hydrogens (tertiary/aromatic N) is 11. The van der Waals surface area contributed by atoms with Crippen molar-refractivity contribution in [3.8, 4) is 11.1 Å². The second-order valence-electron chi connectivity index (χ2n) is 35.1. The number of carbonyl (C=O) groups excluding carboxylic acids is 8. The van der Waals surface area contributed by atoms with Crippen molar-refractivity contribution in [3.63, 3.8) is 0 Å². The van der Waals surface area contributed by atoms with Crippen LogP contribution in [0, 0.1) is 58.9 Å². The second-order valence-corrected chi connectivity index (χ2v) is 35.1. The highest BCUT2D eigenvalue weighted by molar-refractivity contribution is 5.94. The second kappa shape index (κ2) is 42.6. The van der Waals surface area contributed by atoms with Crippen molar-refractivity contribution in [2.75, 3.05) is 39.6 Å². The van der Waals surface area contributed by atoms with Crippen LogP contribution in [0.25, 0.3) is 11.1 Å². The molecule has 7 fully saturated rings. The number of benzene rings is 2. The first-order chi connectivity index (χ1) is 65.0. The van der Waals surface area contributed by atoms with Crippen LogP contribution in [-0.2, 0) is 132 Å². The van der Waals surface area contributed by atoms with Gasteiger partial charge in [-0.05, 0) is 199 Å². The van der Waals surface area contributed by atoms with E-state index in [4.69, 9.17) is 30.8 Å². The Hall–Kier alpha value is -12.0. The number of hydrogen-bond donors (Lipinski definition) is 3. The number of alkyl halides is 14. The normalized spacial score (nSPS) is 22.2. The van der Waals surface area contributed by atoms with Gasteiger partial charge in [-0.2, -0.15) is 43.1 Å². The zero-order valence-electron chi connectivity index (χ0n) is 74.9. The first-order valence-corrected chi connectivity index (χ1v) is 44.8. The number of rotatable bonds is 29. The lowest BCUT2D eigenvalue weighted by molar-refractivity contribution is -0.145. The number of ether oxygens (including phenoxy) is 5. The van der Waals surface area contributed by atoms with Crippen LogP contribution in [0.2, 0.25) is 0 Å². The summed E-state index contributed by atoms with van der Waals surface area (Å²) in [5.41, 5.74) is 11.9.